The van der Waals surface area contributed by atoms with Crippen molar-refractivity contribution in [1.29, 1.82) is 0 Å². The van der Waals surface area contributed by atoms with Crippen LogP contribution in [-0.4, -0.2) is 59.9 Å². The second-order valence-electron chi connectivity index (χ2n) is 11.2. The van der Waals surface area contributed by atoms with Gasteiger partial charge in [0.25, 0.3) is 5.91 Å². The Bertz CT molecular complexity index is 1690. The van der Waals surface area contributed by atoms with Gasteiger partial charge in [-0.25, -0.2) is 13.1 Å². The molecule has 1 aliphatic carbocycles. The van der Waals surface area contributed by atoms with Gasteiger partial charge in [-0.05, 0) is 67.6 Å². The summed E-state index contributed by atoms with van der Waals surface area (Å²) in [6.07, 6.45) is -2.43. The minimum atomic E-state index is -4.48. The molecule has 2 heterocycles. The zero-order valence-corrected chi connectivity index (χ0v) is 23.8. The van der Waals surface area contributed by atoms with E-state index in [0.29, 0.717) is 29.8 Å². The van der Waals surface area contributed by atoms with Crippen molar-refractivity contribution in [2.75, 3.05) is 23.9 Å². The molecule has 14 heteroatoms. The van der Waals surface area contributed by atoms with Crippen LogP contribution < -0.4 is 15.4 Å². The zero-order valence-electron chi connectivity index (χ0n) is 23.0. The van der Waals surface area contributed by atoms with Crippen LogP contribution in [0.1, 0.15) is 53.0 Å². The predicted octanol–water partition coefficient (Wildman–Crippen LogP) is 3.15. The number of ether oxygens (including phenoxy) is 1. The number of carbonyl (C=O) groups is 2. The lowest BCUT2D eigenvalue weighted by molar-refractivity contribution is -0.153. The van der Waals surface area contributed by atoms with Crippen molar-refractivity contribution < 1.29 is 41.0 Å². The Labute approximate surface area is 239 Å². The molecule has 1 atom stereocenters. The molecular formula is C28H29F3N4O6S. The number of nitrogens with one attached hydrogen (secondary N) is 2. The maximum absolute atomic E-state index is 13.7. The van der Waals surface area contributed by atoms with Gasteiger partial charge in [-0.3, -0.25) is 9.59 Å². The van der Waals surface area contributed by atoms with Crippen LogP contribution in [0.3, 0.4) is 0 Å². The Morgan fingerprint density at radius 3 is 2.62 bits per heavy atom. The van der Waals surface area contributed by atoms with Crippen LogP contribution in [0.2, 0.25) is 0 Å². The molecule has 0 bridgehead atoms. The molecule has 10 nitrogen and oxygen atoms in total. The molecule has 0 unspecified atom stereocenters. The lowest BCUT2D eigenvalue weighted by Crippen LogP contribution is -2.49. The van der Waals surface area contributed by atoms with E-state index < -0.39 is 51.3 Å². The van der Waals surface area contributed by atoms with Crippen LogP contribution in [0.15, 0.2) is 42.5 Å². The number of sulfone groups is 1. The molecule has 5 rings (SSSR count). The van der Waals surface area contributed by atoms with E-state index in [4.69, 9.17) is 4.74 Å². The molecule has 0 radical (unpaired) electrons. The number of aliphatic hydroxyl groups is 1. The van der Waals surface area contributed by atoms with Gasteiger partial charge in [-0.1, -0.05) is 18.2 Å². The molecular weight excluding hydrogens is 577 g/mol. The smallest absolute Gasteiger partial charge is 0.422 e. The number of rotatable bonds is 7. The van der Waals surface area contributed by atoms with Crippen molar-refractivity contribution in [3.05, 3.63) is 70.4 Å². The number of aromatic nitrogens is 2. The van der Waals surface area contributed by atoms with Crippen LogP contribution in [0.25, 0.3) is 5.69 Å². The predicted molar refractivity (Wildman–Crippen MR) is 146 cm³/mol. The van der Waals surface area contributed by atoms with Crippen molar-refractivity contribution >= 4 is 27.5 Å². The fraction of sp³-hybridized carbons (Fsp3) is 0.393. The highest BCUT2D eigenvalue weighted by Crippen LogP contribution is 2.44. The second-order valence-corrected chi connectivity index (χ2v) is 13.4. The molecule has 2 aliphatic rings. The summed E-state index contributed by atoms with van der Waals surface area (Å²) in [6.45, 7) is 1.78. The molecule has 2 amide bonds. The summed E-state index contributed by atoms with van der Waals surface area (Å²) in [4.78, 5) is 26.4. The molecule has 1 spiro atoms. The summed E-state index contributed by atoms with van der Waals surface area (Å²) in [5.41, 5.74) is 0.709. The van der Waals surface area contributed by atoms with Crippen LogP contribution in [-0.2, 0) is 38.6 Å². The first kappa shape index (κ1) is 29.6. The Hall–Kier alpha value is -3.91. The van der Waals surface area contributed by atoms with E-state index in [0.717, 1.165) is 17.4 Å². The van der Waals surface area contributed by atoms with Crippen molar-refractivity contribution in [2.45, 2.75) is 50.4 Å². The number of alkyl halides is 3. The monoisotopic (exact) mass is 606 g/mol. The third-order valence-electron chi connectivity index (χ3n) is 7.27. The number of amides is 2. The number of halogens is 3. The summed E-state index contributed by atoms with van der Waals surface area (Å²) in [5, 5.41) is 20.8. The second kappa shape index (κ2) is 10.1. The van der Waals surface area contributed by atoms with Crippen LogP contribution in [0.5, 0.6) is 5.75 Å². The van der Waals surface area contributed by atoms with Crippen molar-refractivity contribution in [1.82, 2.24) is 15.1 Å². The summed E-state index contributed by atoms with van der Waals surface area (Å²) in [5.74, 6) is -2.17. The Balaban J connectivity index is 1.55. The summed E-state index contributed by atoms with van der Waals surface area (Å²) in [7, 11) is -3.68. The molecule has 1 aromatic heterocycles. The van der Waals surface area contributed by atoms with Gasteiger partial charge in [0, 0.05) is 12.7 Å². The fourth-order valence-electron chi connectivity index (χ4n) is 5.46. The lowest BCUT2D eigenvalue weighted by Gasteiger charge is -2.35. The largest absolute Gasteiger partial charge is 0.484 e. The summed E-state index contributed by atoms with van der Waals surface area (Å²) >= 11 is 0. The van der Waals surface area contributed by atoms with Gasteiger partial charge in [0.15, 0.2) is 16.4 Å². The topological polar surface area (TPSA) is 140 Å². The van der Waals surface area contributed by atoms with Gasteiger partial charge in [0.05, 0.1) is 22.5 Å². The first-order chi connectivity index (χ1) is 19.4. The van der Waals surface area contributed by atoms with E-state index in [9.17, 15) is 36.3 Å². The fourth-order valence-corrected chi connectivity index (χ4v) is 6.01. The number of aryl methyl sites for hydroxylation is 1. The number of nitrogens with zero attached hydrogens (tertiary/aromatic N) is 2. The number of benzene rings is 2. The van der Waals surface area contributed by atoms with Gasteiger partial charge in [-0.2, -0.15) is 18.3 Å². The molecule has 0 fully saturated rings. The van der Waals surface area contributed by atoms with E-state index in [1.54, 1.807) is 44.2 Å². The van der Waals surface area contributed by atoms with E-state index >= 15 is 0 Å². The third-order valence-corrected chi connectivity index (χ3v) is 8.06. The van der Waals surface area contributed by atoms with E-state index in [2.05, 4.69) is 15.7 Å². The minimum absolute atomic E-state index is 0.0204. The van der Waals surface area contributed by atoms with Crippen LogP contribution in [0, 0.1) is 0 Å². The number of fused-ring (bicyclic) bond motifs is 3. The molecule has 0 saturated heterocycles. The van der Waals surface area contributed by atoms with Gasteiger partial charge in [0.1, 0.15) is 22.9 Å². The number of carbonyl (C=O) groups excluding carboxylic acids is 2. The molecule has 42 heavy (non-hydrogen) atoms. The van der Waals surface area contributed by atoms with E-state index in [-0.39, 0.29) is 23.6 Å². The average molecular weight is 607 g/mol. The number of hydrogen-bond donors (Lipinski definition) is 3. The highest BCUT2D eigenvalue weighted by molar-refractivity contribution is 7.91. The minimum Gasteiger partial charge on any atom is -0.484 e. The normalized spacial score (nSPS) is 18.4. The third kappa shape index (κ3) is 6.00. The highest BCUT2D eigenvalue weighted by Gasteiger charge is 2.47. The Kier molecular flexibility index (Phi) is 7.13. The summed E-state index contributed by atoms with van der Waals surface area (Å²) in [6, 6.07) is 11.3. The van der Waals surface area contributed by atoms with E-state index in [1.807, 2.05) is 0 Å². The van der Waals surface area contributed by atoms with Crippen molar-refractivity contribution in [3.8, 4) is 11.4 Å². The Morgan fingerprint density at radius 1 is 1.21 bits per heavy atom. The first-order valence-electron chi connectivity index (χ1n) is 13.0. The first-order valence-corrected chi connectivity index (χ1v) is 15.1. The zero-order chi connectivity index (χ0) is 30.7. The van der Waals surface area contributed by atoms with Crippen LogP contribution >= 0.6 is 0 Å². The van der Waals surface area contributed by atoms with Crippen LogP contribution in [0.4, 0.5) is 19.0 Å². The quantitative estimate of drug-likeness (QED) is 0.376. The van der Waals surface area contributed by atoms with E-state index in [1.165, 1.54) is 16.8 Å². The highest BCUT2D eigenvalue weighted by atomic mass is 32.2. The number of hydrogen-bond acceptors (Lipinski definition) is 7. The molecule has 2 aromatic carbocycles. The van der Waals surface area contributed by atoms with Crippen molar-refractivity contribution in [2.24, 2.45) is 0 Å². The average Bonchev–Trinajstić information content (AvgIpc) is 3.39. The Morgan fingerprint density at radius 2 is 1.95 bits per heavy atom. The molecule has 1 aliphatic heterocycles. The van der Waals surface area contributed by atoms with Crippen molar-refractivity contribution in [3.63, 3.8) is 0 Å². The lowest BCUT2D eigenvalue weighted by atomic mass is 9.82. The summed E-state index contributed by atoms with van der Waals surface area (Å²) < 4.78 is 67.7. The van der Waals surface area contributed by atoms with Gasteiger partial charge >= 0.3 is 6.18 Å². The van der Waals surface area contributed by atoms with Gasteiger partial charge in [0.2, 0.25) is 5.91 Å². The molecule has 0 saturated carbocycles. The maximum atomic E-state index is 13.7. The number of anilines is 1. The SMILES string of the molecule is CC(C)(O)c1cccc(-n2nc3c(c2NC(=O)CS(C)(=O)=O)C(=O)N[C@@]2(CCc4cc(OCC(F)(F)F)ccc42)C3)c1. The molecule has 224 valence electrons. The standard InChI is InChI=1S/C28H29F3N4O6S/c1-26(2,38)17-5-4-6-18(12-17)35-24(32-22(36)14-42(3,39)40)23-21(34-35)13-27(33-25(23)37)10-9-16-11-19(7-8-20(16)27)41-15-28(29,30)31/h4-8,11-12,38H,9-10,13-15H2,1-3H3,(H,32,36)(H,33,37)/t27-/m0/s1. The molecule has 3 N–H and O–H groups in total. The van der Waals surface area contributed by atoms with Gasteiger partial charge < -0.3 is 20.5 Å². The molecule has 3 aromatic rings. The van der Waals surface area contributed by atoms with Gasteiger partial charge in [-0.15, -0.1) is 0 Å². The maximum Gasteiger partial charge on any atom is 0.422 e.